The van der Waals surface area contributed by atoms with Gasteiger partial charge < -0.3 is 24.4 Å². The van der Waals surface area contributed by atoms with Crippen molar-refractivity contribution in [1.29, 1.82) is 0 Å². The van der Waals surface area contributed by atoms with Crippen molar-refractivity contribution in [3.05, 3.63) is 29.8 Å². The summed E-state index contributed by atoms with van der Waals surface area (Å²) in [5.41, 5.74) is 0.954. The number of carbonyl (C=O) groups excluding carboxylic acids is 1. The minimum atomic E-state index is -0.950. The van der Waals surface area contributed by atoms with Gasteiger partial charge in [0.25, 0.3) is 0 Å². The lowest BCUT2D eigenvalue weighted by Crippen LogP contribution is -2.31. The highest BCUT2D eigenvalue weighted by Crippen LogP contribution is 2.15. The average molecular weight is 312 g/mol. The van der Waals surface area contributed by atoms with Gasteiger partial charge in [0.1, 0.15) is 5.75 Å². The molecule has 1 rings (SSSR count). The Kier molecular flexibility index (Phi) is 7.87. The van der Waals surface area contributed by atoms with Gasteiger partial charge in [0, 0.05) is 6.42 Å². The Bertz CT molecular complexity index is 444. The number of esters is 1. The monoisotopic (exact) mass is 312 g/mol. The van der Waals surface area contributed by atoms with Crippen molar-refractivity contribution in [1.82, 2.24) is 0 Å². The van der Waals surface area contributed by atoms with Crippen LogP contribution in [0.5, 0.6) is 5.75 Å². The Balaban J connectivity index is 2.36. The molecular formula is C16H24O6. The number of aliphatic hydroxyl groups excluding tert-OH is 2. The minimum Gasteiger partial charge on any atom is -0.497 e. The molecule has 0 radical (unpaired) electrons. The molecule has 0 aliphatic rings. The topological polar surface area (TPSA) is 85.2 Å². The molecule has 1 aromatic carbocycles. The number of methoxy groups -OCH3 is 2. The van der Waals surface area contributed by atoms with E-state index in [-0.39, 0.29) is 12.8 Å². The molecule has 0 spiro atoms. The zero-order chi connectivity index (χ0) is 16.5. The van der Waals surface area contributed by atoms with Gasteiger partial charge in [-0.15, -0.1) is 0 Å². The van der Waals surface area contributed by atoms with Crippen LogP contribution >= 0.6 is 0 Å². The summed E-state index contributed by atoms with van der Waals surface area (Å²) in [6.07, 6.45) is -2.36. The number of hydrogen-bond acceptors (Lipinski definition) is 6. The van der Waals surface area contributed by atoms with E-state index in [9.17, 15) is 15.0 Å². The highest BCUT2D eigenvalue weighted by atomic mass is 16.5. The van der Waals surface area contributed by atoms with E-state index < -0.39 is 24.3 Å². The van der Waals surface area contributed by atoms with Crippen LogP contribution in [0, 0.1) is 0 Å². The predicted octanol–water partition coefficient (Wildman–Crippen LogP) is 1.28. The van der Waals surface area contributed by atoms with Crippen LogP contribution in [0.1, 0.15) is 25.3 Å². The van der Waals surface area contributed by atoms with Crippen molar-refractivity contribution < 1.29 is 29.2 Å². The Hall–Kier alpha value is -1.63. The third-order valence-electron chi connectivity index (χ3n) is 3.36. The SMILES string of the molecule is COC(=O)C[C@H](O)C[C@@H](O)[C@@H](C)OCc1ccc(OC)cc1. The van der Waals surface area contributed by atoms with E-state index in [0.717, 1.165) is 11.3 Å². The van der Waals surface area contributed by atoms with Gasteiger partial charge in [0.15, 0.2) is 0 Å². The molecule has 3 atom stereocenters. The molecule has 0 saturated heterocycles. The van der Waals surface area contributed by atoms with Crippen molar-refractivity contribution in [2.75, 3.05) is 14.2 Å². The van der Waals surface area contributed by atoms with E-state index in [1.165, 1.54) is 7.11 Å². The number of benzene rings is 1. The number of carbonyl (C=O) groups is 1. The van der Waals surface area contributed by atoms with Crippen molar-refractivity contribution in [3.63, 3.8) is 0 Å². The zero-order valence-corrected chi connectivity index (χ0v) is 13.2. The smallest absolute Gasteiger partial charge is 0.308 e. The molecule has 0 bridgehead atoms. The van der Waals surface area contributed by atoms with Gasteiger partial charge in [0.05, 0.1) is 45.6 Å². The van der Waals surface area contributed by atoms with Crippen LogP contribution in [-0.4, -0.2) is 48.7 Å². The molecule has 0 amide bonds. The van der Waals surface area contributed by atoms with Crippen molar-refractivity contribution in [2.24, 2.45) is 0 Å². The minimum absolute atomic E-state index is 0.0544. The molecular weight excluding hydrogens is 288 g/mol. The standard InChI is InChI=1S/C16H24O6/c1-11(15(18)8-13(17)9-16(19)21-3)22-10-12-4-6-14(20-2)7-5-12/h4-7,11,13,15,17-18H,8-10H2,1-3H3/t11-,13-,15-/m1/s1. The van der Waals surface area contributed by atoms with E-state index in [0.29, 0.717) is 6.61 Å². The van der Waals surface area contributed by atoms with E-state index in [2.05, 4.69) is 4.74 Å². The van der Waals surface area contributed by atoms with Gasteiger partial charge in [-0.2, -0.15) is 0 Å². The van der Waals surface area contributed by atoms with E-state index in [1.807, 2.05) is 24.3 Å². The molecule has 0 aromatic heterocycles. The summed E-state index contributed by atoms with van der Waals surface area (Å²) in [5.74, 6) is 0.259. The maximum absolute atomic E-state index is 11.0. The first-order chi connectivity index (χ1) is 10.5. The van der Waals surface area contributed by atoms with E-state index >= 15 is 0 Å². The quantitative estimate of drug-likeness (QED) is 0.668. The summed E-state index contributed by atoms with van der Waals surface area (Å²) in [4.78, 5) is 11.0. The van der Waals surface area contributed by atoms with Crippen LogP contribution in [-0.2, 0) is 20.9 Å². The number of hydrogen-bond donors (Lipinski definition) is 2. The van der Waals surface area contributed by atoms with Crippen LogP contribution in [0.15, 0.2) is 24.3 Å². The average Bonchev–Trinajstić information content (AvgIpc) is 2.52. The summed E-state index contributed by atoms with van der Waals surface area (Å²) < 4.78 is 15.1. The van der Waals surface area contributed by atoms with Gasteiger partial charge in [-0.3, -0.25) is 4.79 Å². The summed E-state index contributed by atoms with van der Waals surface area (Å²) in [5, 5.41) is 19.7. The molecule has 124 valence electrons. The van der Waals surface area contributed by atoms with E-state index in [4.69, 9.17) is 9.47 Å². The fourth-order valence-electron chi connectivity index (χ4n) is 1.89. The van der Waals surface area contributed by atoms with Crippen LogP contribution in [0.3, 0.4) is 0 Å². The molecule has 6 heteroatoms. The molecule has 22 heavy (non-hydrogen) atoms. The fourth-order valence-corrected chi connectivity index (χ4v) is 1.89. The summed E-state index contributed by atoms with van der Waals surface area (Å²) in [6, 6.07) is 7.42. The maximum Gasteiger partial charge on any atom is 0.308 e. The van der Waals surface area contributed by atoms with Crippen molar-refractivity contribution in [3.8, 4) is 5.75 Å². The number of aliphatic hydroxyl groups is 2. The molecule has 0 saturated carbocycles. The number of ether oxygens (including phenoxy) is 3. The Morgan fingerprint density at radius 2 is 1.82 bits per heavy atom. The van der Waals surface area contributed by atoms with Gasteiger partial charge in [-0.05, 0) is 24.6 Å². The number of rotatable bonds is 9. The second-order valence-electron chi connectivity index (χ2n) is 5.10. The van der Waals surface area contributed by atoms with Crippen molar-refractivity contribution >= 4 is 5.97 Å². The van der Waals surface area contributed by atoms with Gasteiger partial charge in [0.2, 0.25) is 0 Å². The second kappa shape index (κ2) is 9.40. The summed E-state index contributed by atoms with van der Waals surface area (Å²) in [7, 11) is 2.86. The largest absolute Gasteiger partial charge is 0.497 e. The Morgan fingerprint density at radius 1 is 1.18 bits per heavy atom. The van der Waals surface area contributed by atoms with Crippen LogP contribution in [0.25, 0.3) is 0 Å². The fraction of sp³-hybridized carbons (Fsp3) is 0.562. The third kappa shape index (κ3) is 6.43. The van der Waals surface area contributed by atoms with Crippen molar-refractivity contribution in [2.45, 2.75) is 44.7 Å². The molecule has 2 N–H and O–H groups in total. The lowest BCUT2D eigenvalue weighted by atomic mass is 10.1. The first kappa shape index (κ1) is 18.4. The van der Waals surface area contributed by atoms with Gasteiger partial charge in [-0.25, -0.2) is 0 Å². The molecule has 6 nitrogen and oxygen atoms in total. The second-order valence-corrected chi connectivity index (χ2v) is 5.10. The highest BCUT2D eigenvalue weighted by Gasteiger charge is 2.21. The molecule has 1 aromatic rings. The molecule has 0 aliphatic heterocycles. The van der Waals surface area contributed by atoms with E-state index in [1.54, 1.807) is 14.0 Å². The van der Waals surface area contributed by atoms with Crippen LogP contribution in [0.4, 0.5) is 0 Å². The maximum atomic E-state index is 11.0. The summed E-state index contributed by atoms with van der Waals surface area (Å²) in [6.45, 7) is 2.06. The molecule has 0 fully saturated rings. The normalized spacial score (nSPS) is 15.0. The molecule has 0 aliphatic carbocycles. The summed E-state index contributed by atoms with van der Waals surface area (Å²) >= 11 is 0. The molecule has 0 unspecified atom stereocenters. The lowest BCUT2D eigenvalue weighted by Gasteiger charge is -2.21. The van der Waals surface area contributed by atoms with Gasteiger partial charge in [-0.1, -0.05) is 12.1 Å². The third-order valence-corrected chi connectivity index (χ3v) is 3.36. The first-order valence-electron chi connectivity index (χ1n) is 7.13. The zero-order valence-electron chi connectivity index (χ0n) is 13.2. The highest BCUT2D eigenvalue weighted by molar-refractivity contribution is 5.69. The van der Waals surface area contributed by atoms with Crippen LogP contribution in [0.2, 0.25) is 0 Å². The van der Waals surface area contributed by atoms with Gasteiger partial charge >= 0.3 is 5.97 Å². The predicted molar refractivity (Wildman–Crippen MR) is 80.5 cm³/mol. The lowest BCUT2D eigenvalue weighted by molar-refractivity contribution is -0.143. The van der Waals surface area contributed by atoms with Crippen LogP contribution < -0.4 is 4.74 Å². The Morgan fingerprint density at radius 3 is 2.36 bits per heavy atom. The molecule has 0 heterocycles. The Labute approximate surface area is 130 Å². The first-order valence-corrected chi connectivity index (χ1v) is 7.13.